The molecule has 0 unspecified atom stereocenters. The summed E-state index contributed by atoms with van der Waals surface area (Å²) in [7, 11) is 1.26. The standard InChI is InChI=1S/C16H18ClNO4/c1-9-6-7-11(17)13-10(9)8-12(14(19)21-5)18(13)15(20)22-16(2,3)4/h6-8H,1-5H3. The van der Waals surface area contributed by atoms with Crippen LogP contribution in [0.1, 0.15) is 36.8 Å². The first-order valence-electron chi connectivity index (χ1n) is 6.78. The Bertz CT molecular complexity index is 756. The lowest BCUT2D eigenvalue weighted by atomic mass is 10.1. The molecule has 1 heterocycles. The molecule has 2 aromatic rings. The summed E-state index contributed by atoms with van der Waals surface area (Å²) in [4.78, 5) is 24.5. The van der Waals surface area contributed by atoms with Crippen LogP contribution in [0.15, 0.2) is 18.2 Å². The highest BCUT2D eigenvalue weighted by molar-refractivity contribution is 6.35. The topological polar surface area (TPSA) is 57.5 Å². The zero-order valence-electron chi connectivity index (χ0n) is 13.2. The molecule has 0 saturated carbocycles. The monoisotopic (exact) mass is 323 g/mol. The van der Waals surface area contributed by atoms with Crippen LogP contribution < -0.4 is 0 Å². The Morgan fingerprint density at radius 2 is 1.86 bits per heavy atom. The number of hydrogen-bond acceptors (Lipinski definition) is 4. The molecule has 0 atom stereocenters. The van der Waals surface area contributed by atoms with E-state index >= 15 is 0 Å². The maximum absolute atomic E-state index is 12.5. The van der Waals surface area contributed by atoms with E-state index in [4.69, 9.17) is 21.1 Å². The molecule has 0 fully saturated rings. The van der Waals surface area contributed by atoms with E-state index in [2.05, 4.69) is 0 Å². The van der Waals surface area contributed by atoms with Crippen LogP contribution in [0.5, 0.6) is 0 Å². The lowest BCUT2D eigenvalue weighted by molar-refractivity contribution is 0.0490. The van der Waals surface area contributed by atoms with Crippen LogP contribution in [0, 0.1) is 6.92 Å². The van der Waals surface area contributed by atoms with Crippen LogP contribution in [0.4, 0.5) is 4.79 Å². The van der Waals surface area contributed by atoms with Gasteiger partial charge in [0.25, 0.3) is 0 Å². The van der Waals surface area contributed by atoms with E-state index in [1.165, 1.54) is 11.7 Å². The van der Waals surface area contributed by atoms with E-state index < -0.39 is 17.7 Å². The van der Waals surface area contributed by atoms with Crippen molar-refractivity contribution < 1.29 is 19.1 Å². The number of carbonyl (C=O) groups excluding carboxylic acids is 2. The minimum Gasteiger partial charge on any atom is -0.464 e. The molecule has 0 spiro atoms. The second-order valence-corrected chi connectivity index (χ2v) is 6.37. The molecule has 5 nitrogen and oxygen atoms in total. The average molecular weight is 324 g/mol. The van der Waals surface area contributed by atoms with Crippen molar-refractivity contribution in [2.75, 3.05) is 7.11 Å². The normalized spacial score (nSPS) is 11.5. The number of benzene rings is 1. The van der Waals surface area contributed by atoms with E-state index in [-0.39, 0.29) is 5.69 Å². The van der Waals surface area contributed by atoms with Gasteiger partial charge in [-0.1, -0.05) is 17.7 Å². The number of halogens is 1. The molecule has 0 amide bonds. The van der Waals surface area contributed by atoms with Gasteiger partial charge in [0.15, 0.2) is 0 Å². The van der Waals surface area contributed by atoms with Gasteiger partial charge < -0.3 is 9.47 Å². The SMILES string of the molecule is COC(=O)c1cc2c(C)ccc(Cl)c2n1C(=O)OC(C)(C)C. The number of nitrogens with zero attached hydrogens (tertiary/aromatic N) is 1. The van der Waals surface area contributed by atoms with E-state index in [1.54, 1.807) is 32.9 Å². The van der Waals surface area contributed by atoms with Crippen molar-refractivity contribution in [1.29, 1.82) is 0 Å². The first-order valence-corrected chi connectivity index (χ1v) is 7.15. The highest BCUT2D eigenvalue weighted by Gasteiger charge is 2.27. The zero-order chi connectivity index (χ0) is 16.7. The van der Waals surface area contributed by atoms with Gasteiger partial charge in [0.05, 0.1) is 17.6 Å². The summed E-state index contributed by atoms with van der Waals surface area (Å²) in [6, 6.07) is 5.10. The predicted octanol–water partition coefficient (Wildman–Crippen LogP) is 4.17. The molecule has 22 heavy (non-hydrogen) atoms. The molecular formula is C16H18ClNO4. The summed E-state index contributed by atoms with van der Waals surface area (Å²) in [5.41, 5.74) is 0.725. The molecule has 0 aliphatic heterocycles. The predicted molar refractivity (Wildman–Crippen MR) is 84.7 cm³/mol. The number of hydrogen-bond donors (Lipinski definition) is 0. The highest BCUT2D eigenvalue weighted by Crippen LogP contribution is 2.31. The molecule has 0 N–H and O–H groups in total. The van der Waals surface area contributed by atoms with E-state index in [0.29, 0.717) is 15.9 Å². The number of esters is 1. The van der Waals surface area contributed by atoms with Gasteiger partial charge in [-0.25, -0.2) is 14.2 Å². The Balaban J connectivity index is 2.76. The lowest BCUT2D eigenvalue weighted by Gasteiger charge is -2.20. The fraction of sp³-hybridized carbons (Fsp3) is 0.375. The summed E-state index contributed by atoms with van der Waals surface area (Å²) in [5.74, 6) is -0.627. The van der Waals surface area contributed by atoms with E-state index in [1.807, 2.05) is 13.0 Å². The van der Waals surface area contributed by atoms with Gasteiger partial charge in [0.2, 0.25) is 0 Å². The van der Waals surface area contributed by atoms with Gasteiger partial charge in [-0.2, -0.15) is 0 Å². The van der Waals surface area contributed by atoms with Crippen LogP contribution in [0.25, 0.3) is 10.9 Å². The molecule has 0 saturated heterocycles. The Hall–Kier alpha value is -2.01. The van der Waals surface area contributed by atoms with Crippen LogP contribution >= 0.6 is 11.6 Å². The Kier molecular flexibility index (Phi) is 4.20. The second-order valence-electron chi connectivity index (χ2n) is 5.96. The molecule has 0 aliphatic rings. The van der Waals surface area contributed by atoms with Crippen molar-refractivity contribution >= 4 is 34.6 Å². The fourth-order valence-electron chi connectivity index (χ4n) is 2.17. The first kappa shape index (κ1) is 16.4. The number of aryl methyl sites for hydroxylation is 1. The van der Waals surface area contributed by atoms with Gasteiger partial charge in [-0.3, -0.25) is 0 Å². The number of rotatable bonds is 1. The molecule has 1 aromatic carbocycles. The largest absolute Gasteiger partial charge is 0.464 e. The molecule has 0 aliphatic carbocycles. The summed E-state index contributed by atoms with van der Waals surface area (Å²) < 4.78 is 11.3. The summed E-state index contributed by atoms with van der Waals surface area (Å²) in [6.07, 6.45) is -0.671. The van der Waals surface area contributed by atoms with E-state index in [9.17, 15) is 9.59 Å². The van der Waals surface area contributed by atoms with Gasteiger partial charge in [-0.05, 0) is 45.4 Å². The van der Waals surface area contributed by atoms with Crippen LogP contribution in [-0.4, -0.2) is 29.3 Å². The molecule has 0 radical (unpaired) electrons. The summed E-state index contributed by atoms with van der Waals surface area (Å²) >= 11 is 6.23. The van der Waals surface area contributed by atoms with Crippen LogP contribution in [-0.2, 0) is 9.47 Å². The Morgan fingerprint density at radius 1 is 1.23 bits per heavy atom. The quantitative estimate of drug-likeness (QED) is 0.739. The van der Waals surface area contributed by atoms with Crippen molar-refractivity contribution in [2.24, 2.45) is 0 Å². The first-order chi connectivity index (χ1) is 10.2. The summed E-state index contributed by atoms with van der Waals surface area (Å²) in [5, 5.41) is 1.07. The smallest absolute Gasteiger partial charge is 0.419 e. The number of aromatic nitrogens is 1. The molecular weight excluding hydrogens is 306 g/mol. The Morgan fingerprint density at radius 3 is 2.41 bits per heavy atom. The Labute approximate surface area is 133 Å². The van der Waals surface area contributed by atoms with Crippen molar-refractivity contribution in [2.45, 2.75) is 33.3 Å². The molecule has 6 heteroatoms. The van der Waals surface area contributed by atoms with Crippen molar-refractivity contribution in [1.82, 2.24) is 4.57 Å². The van der Waals surface area contributed by atoms with Crippen molar-refractivity contribution in [3.63, 3.8) is 0 Å². The van der Waals surface area contributed by atoms with Gasteiger partial charge in [0.1, 0.15) is 11.3 Å². The van der Waals surface area contributed by atoms with Crippen LogP contribution in [0.3, 0.4) is 0 Å². The highest BCUT2D eigenvalue weighted by atomic mass is 35.5. The third-order valence-electron chi connectivity index (χ3n) is 3.10. The van der Waals surface area contributed by atoms with Gasteiger partial charge in [-0.15, -0.1) is 0 Å². The lowest BCUT2D eigenvalue weighted by Crippen LogP contribution is -2.29. The average Bonchev–Trinajstić information content (AvgIpc) is 2.82. The maximum atomic E-state index is 12.5. The van der Waals surface area contributed by atoms with Crippen molar-refractivity contribution in [3.05, 3.63) is 34.5 Å². The number of methoxy groups -OCH3 is 1. The number of carbonyl (C=O) groups is 2. The molecule has 118 valence electrons. The minimum absolute atomic E-state index is 0.0861. The third-order valence-corrected chi connectivity index (χ3v) is 3.41. The molecule has 2 rings (SSSR count). The van der Waals surface area contributed by atoms with E-state index in [0.717, 1.165) is 5.56 Å². The summed E-state index contributed by atoms with van der Waals surface area (Å²) in [6.45, 7) is 7.13. The number of fused-ring (bicyclic) bond motifs is 1. The van der Waals surface area contributed by atoms with Gasteiger partial charge in [0, 0.05) is 5.39 Å². The van der Waals surface area contributed by atoms with Gasteiger partial charge >= 0.3 is 12.1 Å². The van der Waals surface area contributed by atoms with Crippen LogP contribution in [0.2, 0.25) is 5.02 Å². The zero-order valence-corrected chi connectivity index (χ0v) is 13.9. The molecule has 1 aromatic heterocycles. The minimum atomic E-state index is -0.697. The maximum Gasteiger partial charge on any atom is 0.419 e. The number of ether oxygens (including phenoxy) is 2. The van der Waals surface area contributed by atoms with Crippen molar-refractivity contribution in [3.8, 4) is 0 Å². The third kappa shape index (κ3) is 2.95. The fourth-order valence-corrected chi connectivity index (χ4v) is 2.41. The second kappa shape index (κ2) is 5.65. The molecule has 0 bridgehead atoms.